The summed E-state index contributed by atoms with van der Waals surface area (Å²) in [7, 11) is 0. The lowest BCUT2D eigenvalue weighted by atomic mass is 9.82. The van der Waals surface area contributed by atoms with Gasteiger partial charge in [-0.05, 0) is 18.9 Å². The van der Waals surface area contributed by atoms with Gasteiger partial charge in [0.1, 0.15) is 5.69 Å². The number of H-pyrrole nitrogens is 2. The van der Waals surface area contributed by atoms with Gasteiger partial charge in [-0.2, -0.15) is 0 Å². The average molecular weight is 285 g/mol. The van der Waals surface area contributed by atoms with E-state index in [1.54, 1.807) is 6.07 Å². The minimum Gasteiger partial charge on any atom is -0.334 e. The molecule has 1 fully saturated rings. The number of fused-ring (bicyclic) bond motifs is 1. The van der Waals surface area contributed by atoms with Crippen molar-refractivity contribution < 1.29 is 4.52 Å². The highest BCUT2D eigenvalue weighted by atomic mass is 16.5. The van der Waals surface area contributed by atoms with Crippen LogP contribution in [-0.4, -0.2) is 25.3 Å². The van der Waals surface area contributed by atoms with Crippen LogP contribution in [0.3, 0.4) is 0 Å². The van der Waals surface area contributed by atoms with Crippen LogP contribution in [0.2, 0.25) is 0 Å². The van der Waals surface area contributed by atoms with E-state index in [-0.39, 0.29) is 5.56 Å². The topological polar surface area (TPSA) is 118 Å². The van der Waals surface area contributed by atoms with Crippen LogP contribution in [0.15, 0.2) is 26.4 Å². The van der Waals surface area contributed by atoms with Crippen molar-refractivity contribution in [1.29, 1.82) is 0 Å². The van der Waals surface area contributed by atoms with Crippen molar-refractivity contribution in [2.75, 3.05) is 0 Å². The molecule has 0 amide bonds. The van der Waals surface area contributed by atoms with Gasteiger partial charge >= 0.3 is 5.69 Å². The number of aromatic amines is 2. The fraction of sp³-hybridized carbons (Fsp3) is 0.308. The van der Waals surface area contributed by atoms with E-state index < -0.39 is 11.2 Å². The van der Waals surface area contributed by atoms with Crippen molar-refractivity contribution >= 4 is 11.1 Å². The summed E-state index contributed by atoms with van der Waals surface area (Å²) >= 11 is 0. The summed E-state index contributed by atoms with van der Waals surface area (Å²) < 4.78 is 5.18. The molecule has 0 bridgehead atoms. The molecule has 0 spiro atoms. The third-order valence-corrected chi connectivity index (χ3v) is 3.85. The molecule has 1 aliphatic rings. The smallest absolute Gasteiger partial charge is 0.325 e. The summed E-state index contributed by atoms with van der Waals surface area (Å²) in [6, 6.07) is 1.73. The van der Waals surface area contributed by atoms with Crippen LogP contribution in [0.25, 0.3) is 22.4 Å². The Hall–Kier alpha value is -2.77. The van der Waals surface area contributed by atoms with E-state index in [0.717, 1.165) is 23.9 Å². The number of aromatic nitrogens is 5. The summed E-state index contributed by atoms with van der Waals surface area (Å²) in [5.74, 6) is 0.386. The normalized spacial score (nSPS) is 15.2. The predicted octanol–water partition coefficient (Wildman–Crippen LogP) is 0.929. The van der Waals surface area contributed by atoms with Crippen molar-refractivity contribution in [3.63, 3.8) is 0 Å². The van der Waals surface area contributed by atoms with Crippen LogP contribution in [0.5, 0.6) is 0 Å². The molecule has 8 nitrogen and oxygen atoms in total. The van der Waals surface area contributed by atoms with Gasteiger partial charge in [-0.15, -0.1) is 10.2 Å². The van der Waals surface area contributed by atoms with E-state index in [1.807, 2.05) is 0 Å². The lowest BCUT2D eigenvalue weighted by Gasteiger charge is -2.22. The maximum atomic E-state index is 11.8. The Labute approximate surface area is 117 Å². The van der Waals surface area contributed by atoms with Crippen LogP contribution in [0, 0.1) is 0 Å². The van der Waals surface area contributed by atoms with Gasteiger partial charge in [0.25, 0.3) is 11.3 Å². The predicted molar refractivity (Wildman–Crippen MR) is 72.9 cm³/mol. The SMILES string of the molecule is O=c1[nH]cc(-c2cc3c(C4CCC4)noc3nn2)c(=O)[nH]1. The molecular weight excluding hydrogens is 274 g/mol. The van der Waals surface area contributed by atoms with Crippen LogP contribution in [0.4, 0.5) is 0 Å². The van der Waals surface area contributed by atoms with Crippen LogP contribution >= 0.6 is 0 Å². The van der Waals surface area contributed by atoms with Gasteiger partial charge in [-0.3, -0.25) is 9.78 Å². The molecule has 4 rings (SSSR count). The first-order valence-corrected chi connectivity index (χ1v) is 6.68. The largest absolute Gasteiger partial charge is 0.334 e. The molecule has 21 heavy (non-hydrogen) atoms. The third kappa shape index (κ3) is 1.87. The zero-order valence-corrected chi connectivity index (χ0v) is 10.9. The van der Waals surface area contributed by atoms with Crippen molar-refractivity contribution in [2.24, 2.45) is 0 Å². The molecule has 0 aromatic carbocycles. The molecule has 0 unspecified atom stereocenters. The fourth-order valence-electron chi connectivity index (χ4n) is 2.48. The maximum Gasteiger partial charge on any atom is 0.325 e. The zero-order valence-electron chi connectivity index (χ0n) is 10.9. The number of hydrogen-bond acceptors (Lipinski definition) is 6. The highest BCUT2D eigenvalue weighted by Crippen LogP contribution is 2.38. The highest BCUT2D eigenvalue weighted by molar-refractivity contribution is 5.80. The first kappa shape index (κ1) is 12.0. The first-order valence-electron chi connectivity index (χ1n) is 6.68. The van der Waals surface area contributed by atoms with E-state index in [0.29, 0.717) is 17.3 Å². The number of rotatable bonds is 2. The quantitative estimate of drug-likeness (QED) is 0.723. The van der Waals surface area contributed by atoms with Gasteiger partial charge < -0.3 is 9.51 Å². The van der Waals surface area contributed by atoms with Crippen molar-refractivity contribution in [1.82, 2.24) is 25.3 Å². The van der Waals surface area contributed by atoms with Gasteiger partial charge in [0.2, 0.25) is 0 Å². The van der Waals surface area contributed by atoms with Gasteiger partial charge in [-0.25, -0.2) is 4.79 Å². The molecule has 0 radical (unpaired) electrons. The molecule has 3 aromatic heterocycles. The summed E-state index contributed by atoms with van der Waals surface area (Å²) in [5.41, 5.74) is 0.801. The molecule has 3 aromatic rings. The standard InChI is InChI=1S/C13H11N5O3/c19-11-8(5-14-13(20)15-11)9-4-7-10(6-2-1-3-6)18-21-12(7)17-16-9/h4-6H,1-3H2,(H2,14,15,19,20). The Morgan fingerprint density at radius 1 is 1.24 bits per heavy atom. The lowest BCUT2D eigenvalue weighted by Crippen LogP contribution is -2.22. The van der Waals surface area contributed by atoms with Gasteiger partial charge in [0, 0.05) is 12.1 Å². The van der Waals surface area contributed by atoms with Crippen molar-refractivity contribution in [2.45, 2.75) is 25.2 Å². The molecule has 0 atom stereocenters. The Kier molecular flexibility index (Phi) is 2.50. The Morgan fingerprint density at radius 3 is 2.81 bits per heavy atom. The van der Waals surface area contributed by atoms with E-state index >= 15 is 0 Å². The molecule has 1 aliphatic carbocycles. The summed E-state index contributed by atoms with van der Waals surface area (Å²) in [6.07, 6.45) is 4.68. The molecule has 0 saturated heterocycles. The number of hydrogen-bond donors (Lipinski definition) is 2. The second-order valence-electron chi connectivity index (χ2n) is 5.13. The molecule has 8 heteroatoms. The summed E-state index contributed by atoms with van der Waals surface area (Å²) in [6.45, 7) is 0. The minimum absolute atomic E-state index is 0.254. The molecule has 106 valence electrons. The second kappa shape index (κ2) is 4.37. The lowest BCUT2D eigenvalue weighted by molar-refractivity contribution is 0.373. The Morgan fingerprint density at radius 2 is 2.10 bits per heavy atom. The molecule has 0 aliphatic heterocycles. The van der Waals surface area contributed by atoms with Crippen molar-refractivity contribution in [3.05, 3.63) is 38.8 Å². The monoisotopic (exact) mass is 285 g/mol. The maximum absolute atomic E-state index is 11.8. The Balaban J connectivity index is 1.89. The summed E-state index contributed by atoms with van der Waals surface area (Å²) in [5, 5.41) is 12.8. The molecular formula is C13H11N5O3. The van der Waals surface area contributed by atoms with E-state index in [4.69, 9.17) is 4.52 Å². The fourth-order valence-corrected chi connectivity index (χ4v) is 2.48. The summed E-state index contributed by atoms with van der Waals surface area (Å²) in [4.78, 5) is 27.5. The molecule has 3 heterocycles. The first-order chi connectivity index (χ1) is 10.2. The third-order valence-electron chi connectivity index (χ3n) is 3.85. The van der Waals surface area contributed by atoms with E-state index in [1.165, 1.54) is 12.6 Å². The molecule has 1 saturated carbocycles. The Bertz CT molecular complexity index is 935. The van der Waals surface area contributed by atoms with Crippen LogP contribution in [0.1, 0.15) is 30.9 Å². The zero-order chi connectivity index (χ0) is 14.4. The van der Waals surface area contributed by atoms with Crippen LogP contribution in [-0.2, 0) is 0 Å². The van der Waals surface area contributed by atoms with E-state index in [9.17, 15) is 9.59 Å². The van der Waals surface area contributed by atoms with Gasteiger partial charge in [0.15, 0.2) is 0 Å². The highest BCUT2D eigenvalue weighted by Gasteiger charge is 2.26. The van der Waals surface area contributed by atoms with Crippen molar-refractivity contribution in [3.8, 4) is 11.3 Å². The minimum atomic E-state index is -0.557. The van der Waals surface area contributed by atoms with Crippen LogP contribution < -0.4 is 11.2 Å². The average Bonchev–Trinajstić information content (AvgIpc) is 2.80. The molecule has 2 N–H and O–H groups in total. The second-order valence-corrected chi connectivity index (χ2v) is 5.13. The van der Waals surface area contributed by atoms with Gasteiger partial charge in [-0.1, -0.05) is 11.6 Å². The number of nitrogens with zero attached hydrogens (tertiary/aromatic N) is 3. The number of nitrogens with one attached hydrogen (secondary N) is 2. The van der Waals surface area contributed by atoms with E-state index in [2.05, 4.69) is 25.3 Å². The van der Waals surface area contributed by atoms with Gasteiger partial charge in [0.05, 0.1) is 16.6 Å².